The Labute approximate surface area is 148 Å². The molecule has 0 amide bonds. The standard InChI is InChI=1S/C17H25N3O3S/c1-21-14-10-16(23-3)15(22-2)9-12(14)11-18-20-17(24)19-13-7-5-4-6-8-13/h9-11,13H,4-8H2,1-3H3,(H2,19,20,24)/b18-11+. The van der Waals surface area contributed by atoms with Gasteiger partial charge in [0.1, 0.15) is 5.75 Å². The van der Waals surface area contributed by atoms with Crippen molar-refractivity contribution >= 4 is 23.5 Å². The molecule has 0 radical (unpaired) electrons. The van der Waals surface area contributed by atoms with Crippen molar-refractivity contribution in [1.29, 1.82) is 0 Å². The van der Waals surface area contributed by atoms with Crippen molar-refractivity contribution in [2.75, 3.05) is 21.3 Å². The van der Waals surface area contributed by atoms with E-state index in [1.165, 1.54) is 19.3 Å². The Hall–Kier alpha value is -2.02. The van der Waals surface area contributed by atoms with Gasteiger partial charge in [0.25, 0.3) is 0 Å². The van der Waals surface area contributed by atoms with Crippen molar-refractivity contribution in [3.8, 4) is 17.2 Å². The van der Waals surface area contributed by atoms with Gasteiger partial charge in [-0.15, -0.1) is 0 Å². The molecular weight excluding hydrogens is 326 g/mol. The van der Waals surface area contributed by atoms with Gasteiger partial charge >= 0.3 is 0 Å². The molecule has 1 saturated carbocycles. The summed E-state index contributed by atoms with van der Waals surface area (Å²) >= 11 is 5.29. The van der Waals surface area contributed by atoms with Gasteiger partial charge in [-0.3, -0.25) is 5.43 Å². The van der Waals surface area contributed by atoms with E-state index in [0.717, 1.165) is 18.4 Å². The van der Waals surface area contributed by atoms with Crippen molar-refractivity contribution in [3.63, 3.8) is 0 Å². The zero-order valence-electron chi connectivity index (χ0n) is 14.4. The second-order valence-electron chi connectivity index (χ2n) is 5.63. The third kappa shape index (κ3) is 4.99. The van der Waals surface area contributed by atoms with Gasteiger partial charge in [0.2, 0.25) is 0 Å². The van der Waals surface area contributed by atoms with Gasteiger partial charge in [-0.05, 0) is 31.1 Å². The summed E-state index contributed by atoms with van der Waals surface area (Å²) in [4.78, 5) is 0. The second kappa shape index (κ2) is 9.32. The van der Waals surface area contributed by atoms with Gasteiger partial charge in [-0.25, -0.2) is 0 Å². The molecule has 0 heterocycles. The Balaban J connectivity index is 1.98. The first kappa shape index (κ1) is 18.3. The summed E-state index contributed by atoms with van der Waals surface area (Å²) in [5, 5.41) is 8.04. The number of hydrogen-bond donors (Lipinski definition) is 2. The highest BCUT2D eigenvalue weighted by Gasteiger charge is 2.14. The minimum absolute atomic E-state index is 0.449. The summed E-state index contributed by atoms with van der Waals surface area (Å²) in [5.41, 5.74) is 3.62. The first-order valence-electron chi connectivity index (χ1n) is 8.07. The molecule has 2 N–H and O–H groups in total. The average molecular weight is 351 g/mol. The fourth-order valence-electron chi connectivity index (χ4n) is 2.78. The summed E-state index contributed by atoms with van der Waals surface area (Å²) < 4.78 is 15.9. The molecule has 0 unspecified atom stereocenters. The van der Waals surface area contributed by atoms with Gasteiger partial charge in [-0.2, -0.15) is 5.10 Å². The molecule has 2 rings (SSSR count). The molecule has 0 aromatic heterocycles. The molecule has 24 heavy (non-hydrogen) atoms. The number of benzene rings is 1. The van der Waals surface area contributed by atoms with Crippen LogP contribution in [0.5, 0.6) is 17.2 Å². The van der Waals surface area contributed by atoms with Crippen molar-refractivity contribution in [1.82, 2.24) is 10.7 Å². The van der Waals surface area contributed by atoms with E-state index in [4.69, 9.17) is 26.4 Å². The Bertz CT molecular complexity index is 587. The molecule has 1 fully saturated rings. The lowest BCUT2D eigenvalue weighted by Crippen LogP contribution is -2.40. The molecular formula is C17H25N3O3S. The van der Waals surface area contributed by atoms with E-state index in [2.05, 4.69) is 15.8 Å². The van der Waals surface area contributed by atoms with E-state index in [1.54, 1.807) is 39.7 Å². The first-order valence-corrected chi connectivity index (χ1v) is 8.48. The zero-order chi connectivity index (χ0) is 17.4. The number of ether oxygens (including phenoxy) is 3. The molecule has 0 bridgehead atoms. The molecule has 0 saturated heterocycles. The summed E-state index contributed by atoms with van der Waals surface area (Å²) in [7, 11) is 4.77. The Morgan fingerprint density at radius 2 is 1.67 bits per heavy atom. The summed E-state index contributed by atoms with van der Waals surface area (Å²) in [6, 6.07) is 4.02. The molecule has 1 aliphatic rings. The lowest BCUT2D eigenvalue weighted by molar-refractivity contribution is 0.349. The van der Waals surface area contributed by atoms with Crippen LogP contribution in [0.3, 0.4) is 0 Å². The second-order valence-corrected chi connectivity index (χ2v) is 6.04. The van der Waals surface area contributed by atoms with Gasteiger partial charge in [0, 0.05) is 17.7 Å². The Kier molecular flexibility index (Phi) is 7.11. The molecule has 1 aromatic rings. The predicted octanol–water partition coefficient (Wildman–Crippen LogP) is 2.84. The third-order valence-corrected chi connectivity index (χ3v) is 4.26. The van der Waals surface area contributed by atoms with Crippen LogP contribution in [0, 0.1) is 0 Å². The average Bonchev–Trinajstić information content (AvgIpc) is 2.62. The summed E-state index contributed by atoms with van der Waals surface area (Å²) in [6.07, 6.45) is 7.80. The lowest BCUT2D eigenvalue weighted by atomic mass is 9.96. The van der Waals surface area contributed by atoms with Gasteiger partial charge in [0.05, 0.1) is 27.5 Å². The molecule has 1 aromatic carbocycles. The van der Waals surface area contributed by atoms with Crippen LogP contribution >= 0.6 is 12.2 Å². The topological polar surface area (TPSA) is 64.1 Å². The Morgan fingerprint density at radius 3 is 2.29 bits per heavy atom. The van der Waals surface area contributed by atoms with Crippen LogP contribution in [-0.2, 0) is 0 Å². The van der Waals surface area contributed by atoms with E-state index in [0.29, 0.717) is 28.4 Å². The zero-order valence-corrected chi connectivity index (χ0v) is 15.2. The monoisotopic (exact) mass is 351 g/mol. The number of methoxy groups -OCH3 is 3. The number of thiocarbonyl (C=S) groups is 1. The van der Waals surface area contributed by atoms with Gasteiger partial charge < -0.3 is 19.5 Å². The molecule has 0 spiro atoms. The fraction of sp³-hybridized carbons (Fsp3) is 0.529. The lowest BCUT2D eigenvalue weighted by Gasteiger charge is -2.23. The van der Waals surface area contributed by atoms with Crippen LogP contribution in [0.25, 0.3) is 0 Å². The molecule has 0 aliphatic heterocycles. The smallest absolute Gasteiger partial charge is 0.187 e. The normalized spacial score (nSPS) is 15.1. The largest absolute Gasteiger partial charge is 0.496 e. The fourth-order valence-corrected chi connectivity index (χ4v) is 3.00. The molecule has 1 aliphatic carbocycles. The number of nitrogens with zero attached hydrogens (tertiary/aromatic N) is 1. The van der Waals surface area contributed by atoms with Crippen LogP contribution in [0.2, 0.25) is 0 Å². The number of nitrogens with one attached hydrogen (secondary N) is 2. The third-order valence-electron chi connectivity index (χ3n) is 4.05. The number of hydrazone groups is 1. The van der Waals surface area contributed by atoms with Crippen molar-refractivity contribution in [3.05, 3.63) is 17.7 Å². The highest BCUT2D eigenvalue weighted by Crippen LogP contribution is 2.33. The van der Waals surface area contributed by atoms with E-state index < -0.39 is 0 Å². The Morgan fingerprint density at radius 1 is 1.04 bits per heavy atom. The van der Waals surface area contributed by atoms with Crippen molar-refractivity contribution in [2.45, 2.75) is 38.1 Å². The van der Waals surface area contributed by atoms with E-state index >= 15 is 0 Å². The summed E-state index contributed by atoms with van der Waals surface area (Å²) in [6.45, 7) is 0. The number of hydrogen-bond acceptors (Lipinski definition) is 5. The van der Waals surface area contributed by atoms with Crippen LogP contribution in [0.15, 0.2) is 17.2 Å². The van der Waals surface area contributed by atoms with Gasteiger partial charge in [-0.1, -0.05) is 19.3 Å². The van der Waals surface area contributed by atoms with Crippen LogP contribution in [0.1, 0.15) is 37.7 Å². The minimum atomic E-state index is 0.449. The summed E-state index contributed by atoms with van der Waals surface area (Å²) in [5.74, 6) is 1.86. The SMILES string of the molecule is COc1cc(OC)c(OC)cc1/C=N/NC(=S)NC1CCCCC1. The van der Waals surface area contributed by atoms with Crippen molar-refractivity contribution in [2.24, 2.45) is 5.10 Å². The van der Waals surface area contributed by atoms with E-state index in [1.807, 2.05) is 0 Å². The minimum Gasteiger partial charge on any atom is -0.496 e. The van der Waals surface area contributed by atoms with Crippen LogP contribution in [-0.4, -0.2) is 38.7 Å². The van der Waals surface area contributed by atoms with Crippen LogP contribution < -0.4 is 25.0 Å². The van der Waals surface area contributed by atoms with E-state index in [9.17, 15) is 0 Å². The number of rotatable bonds is 6. The molecule has 7 heteroatoms. The highest BCUT2D eigenvalue weighted by atomic mass is 32.1. The van der Waals surface area contributed by atoms with Crippen LogP contribution in [0.4, 0.5) is 0 Å². The maximum atomic E-state index is 5.36. The maximum absolute atomic E-state index is 5.36. The van der Waals surface area contributed by atoms with E-state index in [-0.39, 0.29) is 0 Å². The predicted molar refractivity (Wildman–Crippen MR) is 99.4 cm³/mol. The van der Waals surface area contributed by atoms with Gasteiger partial charge in [0.15, 0.2) is 16.6 Å². The molecule has 0 atom stereocenters. The quantitative estimate of drug-likeness (QED) is 0.467. The van der Waals surface area contributed by atoms with Crippen molar-refractivity contribution < 1.29 is 14.2 Å². The molecule has 132 valence electrons. The highest BCUT2D eigenvalue weighted by molar-refractivity contribution is 7.80. The maximum Gasteiger partial charge on any atom is 0.187 e. The first-order chi connectivity index (χ1) is 11.7. The molecule has 6 nitrogen and oxygen atoms in total.